The summed E-state index contributed by atoms with van der Waals surface area (Å²) in [7, 11) is 0. The SMILES string of the molecule is CCCCC(O)c1ccc(N)c(C(O)CCCC)c1. The van der Waals surface area contributed by atoms with Gasteiger partial charge in [0.2, 0.25) is 0 Å². The van der Waals surface area contributed by atoms with Crippen LogP contribution >= 0.6 is 0 Å². The van der Waals surface area contributed by atoms with Crippen molar-refractivity contribution in [3.63, 3.8) is 0 Å². The quantitative estimate of drug-likeness (QED) is 0.628. The summed E-state index contributed by atoms with van der Waals surface area (Å²) in [6.07, 6.45) is 4.58. The third-order valence-corrected chi connectivity index (χ3v) is 3.52. The number of nitrogen functional groups attached to an aromatic ring is 1. The first-order valence-corrected chi connectivity index (χ1v) is 7.35. The first kappa shape index (κ1) is 16.0. The highest BCUT2D eigenvalue weighted by Gasteiger charge is 2.14. The fourth-order valence-corrected chi connectivity index (χ4v) is 2.21. The molecular formula is C16H27NO2. The van der Waals surface area contributed by atoms with Gasteiger partial charge in [-0.25, -0.2) is 0 Å². The molecule has 2 atom stereocenters. The molecule has 0 saturated heterocycles. The second-order valence-electron chi connectivity index (χ2n) is 5.20. The fraction of sp³-hybridized carbons (Fsp3) is 0.625. The van der Waals surface area contributed by atoms with Gasteiger partial charge >= 0.3 is 0 Å². The normalized spacial score (nSPS) is 14.3. The van der Waals surface area contributed by atoms with Crippen LogP contribution in [0.25, 0.3) is 0 Å². The topological polar surface area (TPSA) is 66.5 Å². The van der Waals surface area contributed by atoms with E-state index in [1.54, 1.807) is 6.07 Å². The molecule has 19 heavy (non-hydrogen) atoms. The van der Waals surface area contributed by atoms with Gasteiger partial charge in [-0.1, -0.05) is 45.6 Å². The minimum absolute atomic E-state index is 0.460. The molecule has 1 aromatic carbocycles. The number of aliphatic hydroxyl groups is 2. The highest BCUT2D eigenvalue weighted by atomic mass is 16.3. The first-order chi connectivity index (χ1) is 9.10. The maximum atomic E-state index is 10.2. The summed E-state index contributed by atoms with van der Waals surface area (Å²) < 4.78 is 0. The second kappa shape index (κ2) is 8.18. The molecule has 0 aliphatic carbocycles. The van der Waals surface area contributed by atoms with Crippen molar-refractivity contribution in [2.75, 3.05) is 5.73 Å². The molecule has 1 aromatic rings. The van der Waals surface area contributed by atoms with Crippen LogP contribution in [0.5, 0.6) is 0 Å². The summed E-state index contributed by atoms with van der Waals surface area (Å²) in [6, 6.07) is 5.50. The van der Waals surface area contributed by atoms with Crippen LogP contribution in [0.2, 0.25) is 0 Å². The van der Waals surface area contributed by atoms with Gasteiger partial charge < -0.3 is 15.9 Å². The third kappa shape index (κ3) is 4.84. The molecule has 4 N–H and O–H groups in total. The molecule has 0 aromatic heterocycles. The molecule has 1 rings (SSSR count). The van der Waals surface area contributed by atoms with E-state index in [0.29, 0.717) is 5.69 Å². The number of rotatable bonds is 8. The largest absolute Gasteiger partial charge is 0.398 e. The lowest BCUT2D eigenvalue weighted by atomic mass is 9.96. The second-order valence-corrected chi connectivity index (χ2v) is 5.20. The van der Waals surface area contributed by atoms with Crippen LogP contribution in [0, 0.1) is 0 Å². The van der Waals surface area contributed by atoms with Crippen LogP contribution in [-0.2, 0) is 0 Å². The predicted molar refractivity (Wildman–Crippen MR) is 79.8 cm³/mol. The smallest absolute Gasteiger partial charge is 0.0810 e. The van der Waals surface area contributed by atoms with E-state index in [-0.39, 0.29) is 0 Å². The summed E-state index contributed by atoms with van der Waals surface area (Å²) in [5.41, 5.74) is 8.13. The number of aliphatic hydroxyl groups excluding tert-OH is 2. The van der Waals surface area contributed by atoms with Gasteiger partial charge in [0, 0.05) is 11.3 Å². The van der Waals surface area contributed by atoms with Crippen molar-refractivity contribution in [1.29, 1.82) is 0 Å². The molecular weight excluding hydrogens is 238 g/mol. The number of anilines is 1. The maximum absolute atomic E-state index is 10.2. The highest BCUT2D eigenvalue weighted by Crippen LogP contribution is 2.29. The van der Waals surface area contributed by atoms with Gasteiger partial charge in [-0.2, -0.15) is 0 Å². The Kier molecular flexibility index (Phi) is 6.89. The zero-order chi connectivity index (χ0) is 14.3. The molecule has 0 heterocycles. The van der Waals surface area contributed by atoms with Gasteiger partial charge in [-0.3, -0.25) is 0 Å². The van der Waals surface area contributed by atoms with Crippen molar-refractivity contribution in [3.8, 4) is 0 Å². The van der Waals surface area contributed by atoms with E-state index in [1.165, 1.54) is 0 Å². The molecule has 0 aliphatic heterocycles. The lowest BCUT2D eigenvalue weighted by molar-refractivity contribution is 0.158. The Morgan fingerprint density at radius 2 is 1.58 bits per heavy atom. The molecule has 0 saturated carbocycles. The Hall–Kier alpha value is -1.06. The third-order valence-electron chi connectivity index (χ3n) is 3.52. The van der Waals surface area contributed by atoms with E-state index < -0.39 is 12.2 Å². The molecule has 0 amide bonds. The van der Waals surface area contributed by atoms with Gasteiger partial charge in [0.1, 0.15) is 0 Å². The molecule has 3 heteroatoms. The number of hydrogen-bond donors (Lipinski definition) is 3. The van der Waals surface area contributed by atoms with Crippen LogP contribution in [0.1, 0.15) is 75.7 Å². The number of nitrogens with two attached hydrogens (primary N) is 1. The molecule has 2 unspecified atom stereocenters. The molecule has 0 bridgehead atoms. The maximum Gasteiger partial charge on any atom is 0.0810 e. The Labute approximate surface area is 116 Å². The first-order valence-electron chi connectivity index (χ1n) is 7.35. The lowest BCUT2D eigenvalue weighted by Crippen LogP contribution is -2.05. The van der Waals surface area contributed by atoms with E-state index in [2.05, 4.69) is 13.8 Å². The van der Waals surface area contributed by atoms with Crippen molar-refractivity contribution in [2.24, 2.45) is 0 Å². The highest BCUT2D eigenvalue weighted by molar-refractivity contribution is 5.50. The zero-order valence-electron chi connectivity index (χ0n) is 12.1. The molecule has 0 fully saturated rings. The van der Waals surface area contributed by atoms with Crippen molar-refractivity contribution in [3.05, 3.63) is 29.3 Å². The number of benzene rings is 1. The lowest BCUT2D eigenvalue weighted by Gasteiger charge is -2.17. The standard InChI is InChI=1S/C16H27NO2/c1-3-5-7-15(18)12-9-10-14(17)13(11-12)16(19)8-6-4-2/h9-11,15-16,18-19H,3-8,17H2,1-2H3. The predicted octanol–water partition coefficient (Wildman–Crippen LogP) is 3.72. The van der Waals surface area contributed by atoms with Crippen LogP contribution in [0.3, 0.4) is 0 Å². The Morgan fingerprint density at radius 1 is 1.00 bits per heavy atom. The average molecular weight is 265 g/mol. The molecule has 0 spiro atoms. The van der Waals surface area contributed by atoms with Crippen molar-refractivity contribution in [1.82, 2.24) is 0 Å². The Morgan fingerprint density at radius 3 is 2.16 bits per heavy atom. The minimum atomic E-state index is -0.529. The van der Waals surface area contributed by atoms with Gasteiger partial charge in [0.05, 0.1) is 12.2 Å². The summed E-state index contributed by atoms with van der Waals surface area (Å²) in [5.74, 6) is 0. The summed E-state index contributed by atoms with van der Waals surface area (Å²) in [4.78, 5) is 0. The minimum Gasteiger partial charge on any atom is -0.398 e. The zero-order valence-corrected chi connectivity index (χ0v) is 12.1. The van der Waals surface area contributed by atoms with Gasteiger partial charge in [-0.15, -0.1) is 0 Å². The molecule has 0 aliphatic rings. The average Bonchev–Trinajstić information content (AvgIpc) is 2.42. The van der Waals surface area contributed by atoms with Gasteiger partial charge in [-0.05, 0) is 30.5 Å². The van der Waals surface area contributed by atoms with Gasteiger partial charge in [0.25, 0.3) is 0 Å². The number of unbranched alkanes of at least 4 members (excludes halogenated alkanes) is 2. The van der Waals surface area contributed by atoms with E-state index in [4.69, 9.17) is 5.73 Å². The van der Waals surface area contributed by atoms with E-state index in [1.807, 2.05) is 12.1 Å². The van der Waals surface area contributed by atoms with E-state index in [9.17, 15) is 10.2 Å². The van der Waals surface area contributed by atoms with E-state index >= 15 is 0 Å². The fourth-order valence-electron chi connectivity index (χ4n) is 2.21. The van der Waals surface area contributed by atoms with Crippen molar-refractivity contribution in [2.45, 2.75) is 64.6 Å². The number of hydrogen-bond acceptors (Lipinski definition) is 3. The Balaban J connectivity index is 2.81. The Bertz CT molecular complexity index is 379. The monoisotopic (exact) mass is 265 g/mol. The summed E-state index contributed by atoms with van der Waals surface area (Å²) in [6.45, 7) is 4.20. The van der Waals surface area contributed by atoms with Crippen LogP contribution in [-0.4, -0.2) is 10.2 Å². The summed E-state index contributed by atoms with van der Waals surface area (Å²) >= 11 is 0. The van der Waals surface area contributed by atoms with Crippen LogP contribution < -0.4 is 5.73 Å². The molecule has 3 nitrogen and oxygen atoms in total. The van der Waals surface area contributed by atoms with E-state index in [0.717, 1.165) is 49.7 Å². The molecule has 108 valence electrons. The molecule has 0 radical (unpaired) electrons. The van der Waals surface area contributed by atoms with Gasteiger partial charge in [0.15, 0.2) is 0 Å². The van der Waals surface area contributed by atoms with Crippen LogP contribution in [0.4, 0.5) is 5.69 Å². The van der Waals surface area contributed by atoms with Crippen molar-refractivity contribution < 1.29 is 10.2 Å². The van der Waals surface area contributed by atoms with Crippen molar-refractivity contribution >= 4 is 5.69 Å². The summed E-state index contributed by atoms with van der Waals surface area (Å²) in [5, 5.41) is 20.3. The van der Waals surface area contributed by atoms with Crippen LogP contribution in [0.15, 0.2) is 18.2 Å².